The van der Waals surface area contributed by atoms with Crippen LogP contribution in [0, 0.1) is 6.92 Å². The van der Waals surface area contributed by atoms with Crippen LogP contribution in [0.4, 0.5) is 0 Å². The van der Waals surface area contributed by atoms with E-state index in [0.717, 1.165) is 62.5 Å². The molecule has 1 N–H and O–H groups in total. The largest absolute Gasteiger partial charge is 0.387 e. The summed E-state index contributed by atoms with van der Waals surface area (Å²) in [4.78, 5) is 15.8. The van der Waals surface area contributed by atoms with Gasteiger partial charge in [0, 0.05) is 25.9 Å². The molecule has 0 bridgehead atoms. The summed E-state index contributed by atoms with van der Waals surface area (Å²) in [6.45, 7) is 7.20. The van der Waals surface area contributed by atoms with Crippen molar-refractivity contribution in [3.8, 4) is 0 Å². The molecule has 2 aromatic rings. The summed E-state index contributed by atoms with van der Waals surface area (Å²) in [7, 11) is 0. The third-order valence-electron chi connectivity index (χ3n) is 5.89. The molecule has 2 aliphatic rings. The molecule has 0 saturated carbocycles. The minimum atomic E-state index is -0.795. The molecule has 0 aliphatic carbocycles. The average molecular weight is 372 g/mol. The SMILES string of the molecule is CC(=O)N1CCCC(O)(CN2CCC(c3nnc4ccc(C)nn34)CC2)C1. The van der Waals surface area contributed by atoms with Crippen LogP contribution in [-0.2, 0) is 4.79 Å². The van der Waals surface area contributed by atoms with E-state index in [9.17, 15) is 9.90 Å². The Morgan fingerprint density at radius 2 is 2.04 bits per heavy atom. The quantitative estimate of drug-likeness (QED) is 0.864. The van der Waals surface area contributed by atoms with E-state index in [-0.39, 0.29) is 5.91 Å². The van der Waals surface area contributed by atoms with Gasteiger partial charge in [-0.05, 0) is 57.8 Å². The van der Waals surface area contributed by atoms with Crippen molar-refractivity contribution in [2.45, 2.75) is 51.0 Å². The summed E-state index contributed by atoms with van der Waals surface area (Å²) in [6, 6.07) is 3.90. The minimum Gasteiger partial charge on any atom is -0.387 e. The maximum Gasteiger partial charge on any atom is 0.219 e. The van der Waals surface area contributed by atoms with Gasteiger partial charge in [-0.3, -0.25) is 4.79 Å². The Hall–Kier alpha value is -2.06. The number of aromatic nitrogens is 4. The number of carbonyl (C=O) groups is 1. The molecule has 1 unspecified atom stereocenters. The fourth-order valence-corrected chi connectivity index (χ4v) is 4.43. The van der Waals surface area contributed by atoms with E-state index in [1.807, 2.05) is 23.6 Å². The van der Waals surface area contributed by atoms with Gasteiger partial charge in [-0.25, -0.2) is 0 Å². The van der Waals surface area contributed by atoms with Gasteiger partial charge >= 0.3 is 0 Å². The molecule has 27 heavy (non-hydrogen) atoms. The maximum absolute atomic E-state index is 11.7. The van der Waals surface area contributed by atoms with Gasteiger partial charge in [0.25, 0.3) is 0 Å². The molecule has 2 aromatic heterocycles. The first-order chi connectivity index (χ1) is 12.9. The Bertz CT molecular complexity index is 829. The average Bonchev–Trinajstić information content (AvgIpc) is 3.05. The van der Waals surface area contributed by atoms with Gasteiger partial charge < -0.3 is 14.9 Å². The predicted molar refractivity (Wildman–Crippen MR) is 100 cm³/mol. The normalized spacial score (nSPS) is 25.2. The number of rotatable bonds is 3. The molecule has 8 heteroatoms. The molecule has 0 spiro atoms. The van der Waals surface area contributed by atoms with Crippen molar-refractivity contribution >= 4 is 11.6 Å². The van der Waals surface area contributed by atoms with Crippen LogP contribution < -0.4 is 0 Å². The van der Waals surface area contributed by atoms with E-state index in [1.165, 1.54) is 0 Å². The zero-order valence-corrected chi connectivity index (χ0v) is 16.1. The van der Waals surface area contributed by atoms with Crippen molar-refractivity contribution < 1.29 is 9.90 Å². The smallest absolute Gasteiger partial charge is 0.219 e. The van der Waals surface area contributed by atoms with Crippen molar-refractivity contribution in [2.75, 3.05) is 32.7 Å². The summed E-state index contributed by atoms with van der Waals surface area (Å²) >= 11 is 0. The molecule has 0 radical (unpaired) electrons. The predicted octanol–water partition coefficient (Wildman–Crippen LogP) is 0.986. The second-order valence-corrected chi connectivity index (χ2v) is 8.12. The second-order valence-electron chi connectivity index (χ2n) is 8.12. The van der Waals surface area contributed by atoms with Crippen molar-refractivity contribution in [3.63, 3.8) is 0 Å². The van der Waals surface area contributed by atoms with Crippen molar-refractivity contribution in [3.05, 3.63) is 23.7 Å². The number of aliphatic hydroxyl groups is 1. The number of nitrogens with zero attached hydrogens (tertiary/aromatic N) is 6. The Morgan fingerprint density at radius 3 is 2.78 bits per heavy atom. The molecule has 1 atom stereocenters. The Kier molecular flexibility index (Phi) is 4.86. The summed E-state index contributed by atoms with van der Waals surface area (Å²) in [5, 5.41) is 24.2. The van der Waals surface area contributed by atoms with Crippen LogP contribution in [0.15, 0.2) is 12.1 Å². The Morgan fingerprint density at radius 1 is 1.26 bits per heavy atom. The first kappa shape index (κ1) is 18.3. The number of aryl methyl sites for hydroxylation is 1. The summed E-state index contributed by atoms with van der Waals surface area (Å²) in [5.41, 5.74) is 0.950. The monoisotopic (exact) mass is 372 g/mol. The van der Waals surface area contributed by atoms with Crippen LogP contribution in [0.1, 0.15) is 50.0 Å². The van der Waals surface area contributed by atoms with Gasteiger partial charge in [-0.1, -0.05) is 0 Å². The van der Waals surface area contributed by atoms with Crippen LogP contribution in [-0.4, -0.2) is 78.9 Å². The lowest BCUT2D eigenvalue weighted by atomic mass is 9.90. The van der Waals surface area contributed by atoms with E-state index in [4.69, 9.17) is 0 Å². The van der Waals surface area contributed by atoms with Crippen LogP contribution in [0.5, 0.6) is 0 Å². The number of hydrogen-bond acceptors (Lipinski definition) is 6. The molecule has 0 aromatic carbocycles. The standard InChI is InChI=1S/C19H28N6O2/c1-14-4-5-17-20-21-18(25(17)22-14)16-6-10-23(11-7-16)12-19(27)8-3-9-24(13-19)15(2)26/h4-5,16,27H,3,6-13H2,1-2H3. The van der Waals surface area contributed by atoms with Gasteiger partial charge in [0.1, 0.15) is 0 Å². The molecule has 2 saturated heterocycles. The van der Waals surface area contributed by atoms with Gasteiger partial charge in [0.05, 0.1) is 17.8 Å². The zero-order valence-electron chi connectivity index (χ0n) is 16.1. The van der Waals surface area contributed by atoms with E-state index < -0.39 is 5.60 Å². The highest BCUT2D eigenvalue weighted by atomic mass is 16.3. The Balaban J connectivity index is 1.38. The molecule has 4 rings (SSSR count). The third kappa shape index (κ3) is 3.82. The summed E-state index contributed by atoms with van der Waals surface area (Å²) < 4.78 is 1.87. The number of hydrogen-bond donors (Lipinski definition) is 1. The van der Waals surface area contributed by atoms with Gasteiger partial charge in [-0.2, -0.15) is 9.61 Å². The highest BCUT2D eigenvalue weighted by molar-refractivity contribution is 5.73. The van der Waals surface area contributed by atoms with Crippen LogP contribution in [0.3, 0.4) is 0 Å². The first-order valence-corrected chi connectivity index (χ1v) is 9.83. The highest BCUT2D eigenvalue weighted by Crippen LogP contribution is 2.29. The fourth-order valence-electron chi connectivity index (χ4n) is 4.43. The molecule has 2 fully saturated rings. The molecule has 2 aliphatic heterocycles. The van der Waals surface area contributed by atoms with Crippen molar-refractivity contribution in [1.82, 2.24) is 29.6 Å². The molecule has 1 amide bonds. The van der Waals surface area contributed by atoms with E-state index >= 15 is 0 Å². The number of likely N-dealkylation sites (tertiary alicyclic amines) is 2. The topological polar surface area (TPSA) is 86.9 Å². The van der Waals surface area contributed by atoms with Crippen LogP contribution in [0.25, 0.3) is 5.65 Å². The molecular weight excluding hydrogens is 344 g/mol. The van der Waals surface area contributed by atoms with Crippen molar-refractivity contribution in [2.24, 2.45) is 0 Å². The molecule has 4 heterocycles. The number of fused-ring (bicyclic) bond motifs is 1. The number of β-amino-alcohol motifs (C(OH)–C–C–N with tert-alkyl or cyclic N) is 1. The van der Waals surface area contributed by atoms with Gasteiger partial charge in [0.15, 0.2) is 11.5 Å². The van der Waals surface area contributed by atoms with Gasteiger partial charge in [-0.15, -0.1) is 10.2 Å². The maximum atomic E-state index is 11.7. The van der Waals surface area contributed by atoms with Crippen molar-refractivity contribution in [1.29, 1.82) is 0 Å². The minimum absolute atomic E-state index is 0.0494. The lowest BCUT2D eigenvalue weighted by molar-refractivity contribution is -0.137. The summed E-state index contributed by atoms with van der Waals surface area (Å²) in [6.07, 6.45) is 3.57. The Labute approximate surface area is 159 Å². The van der Waals surface area contributed by atoms with Crippen LogP contribution in [0.2, 0.25) is 0 Å². The highest BCUT2D eigenvalue weighted by Gasteiger charge is 2.37. The van der Waals surface area contributed by atoms with Crippen LogP contribution >= 0.6 is 0 Å². The van der Waals surface area contributed by atoms with E-state index in [1.54, 1.807) is 11.8 Å². The summed E-state index contributed by atoms with van der Waals surface area (Å²) in [5.74, 6) is 1.32. The number of piperidine rings is 2. The van der Waals surface area contributed by atoms with E-state index in [0.29, 0.717) is 19.0 Å². The second kappa shape index (κ2) is 7.16. The van der Waals surface area contributed by atoms with Gasteiger partial charge in [0.2, 0.25) is 5.91 Å². The zero-order chi connectivity index (χ0) is 19.0. The van der Waals surface area contributed by atoms with E-state index in [2.05, 4.69) is 20.2 Å². The third-order valence-corrected chi connectivity index (χ3v) is 5.89. The first-order valence-electron chi connectivity index (χ1n) is 9.83. The number of amides is 1. The fraction of sp³-hybridized carbons (Fsp3) is 0.684. The molecule has 146 valence electrons. The number of carbonyl (C=O) groups excluding carboxylic acids is 1. The lowest BCUT2D eigenvalue weighted by Gasteiger charge is -2.43. The molecular formula is C19H28N6O2. The molecule has 8 nitrogen and oxygen atoms in total. The lowest BCUT2D eigenvalue weighted by Crippen LogP contribution is -2.56.